The lowest BCUT2D eigenvalue weighted by Crippen LogP contribution is -2.48. The zero-order valence-electron chi connectivity index (χ0n) is 17.1. The van der Waals surface area contributed by atoms with Crippen molar-refractivity contribution in [3.05, 3.63) is 59.4 Å². The first-order valence-corrected chi connectivity index (χ1v) is 9.96. The number of carbonyl (C=O) groups is 1. The summed E-state index contributed by atoms with van der Waals surface area (Å²) in [6.45, 7) is 2.74. The summed E-state index contributed by atoms with van der Waals surface area (Å²) in [4.78, 5) is 15.1. The third-order valence-corrected chi connectivity index (χ3v) is 4.78. The van der Waals surface area contributed by atoms with Crippen LogP contribution in [0.15, 0.2) is 42.5 Å². The van der Waals surface area contributed by atoms with Crippen molar-refractivity contribution in [1.82, 2.24) is 30.4 Å². The zero-order valence-corrected chi connectivity index (χ0v) is 17.1. The molecule has 13 heteroatoms. The van der Waals surface area contributed by atoms with E-state index >= 15 is 0 Å². The molecule has 0 aliphatic carbocycles. The van der Waals surface area contributed by atoms with E-state index in [-0.39, 0.29) is 30.0 Å². The number of hydrogen-bond donors (Lipinski definition) is 2. The lowest BCUT2D eigenvalue weighted by atomic mass is 10.2. The van der Waals surface area contributed by atoms with Crippen LogP contribution in [0.4, 0.5) is 28.3 Å². The van der Waals surface area contributed by atoms with Crippen molar-refractivity contribution in [1.29, 1.82) is 0 Å². The molecule has 1 fully saturated rings. The molecule has 9 nitrogen and oxygen atoms in total. The van der Waals surface area contributed by atoms with E-state index < -0.39 is 17.6 Å². The van der Waals surface area contributed by atoms with E-state index in [2.05, 4.69) is 26.0 Å². The van der Waals surface area contributed by atoms with E-state index in [1.807, 2.05) is 0 Å². The normalized spacial score (nSPS) is 14.2. The maximum Gasteiger partial charge on any atom is 0.419 e. The van der Waals surface area contributed by atoms with Gasteiger partial charge in [0.2, 0.25) is 0 Å². The van der Waals surface area contributed by atoms with Gasteiger partial charge in [0.25, 0.3) is 5.95 Å². The van der Waals surface area contributed by atoms with Crippen LogP contribution < -0.4 is 15.4 Å². The van der Waals surface area contributed by atoms with Crippen LogP contribution in [-0.4, -0.2) is 57.3 Å². The summed E-state index contributed by atoms with van der Waals surface area (Å²) < 4.78 is 57.7. The number of alkyl halides is 3. The van der Waals surface area contributed by atoms with E-state index in [9.17, 15) is 22.4 Å². The first kappa shape index (κ1) is 22.5. The van der Waals surface area contributed by atoms with Gasteiger partial charge in [0.1, 0.15) is 17.3 Å². The van der Waals surface area contributed by atoms with E-state index in [0.29, 0.717) is 43.9 Å². The molecule has 0 radical (unpaired) electrons. The van der Waals surface area contributed by atoms with Gasteiger partial charge in [-0.05, 0) is 41.1 Å². The van der Waals surface area contributed by atoms with Crippen LogP contribution in [0, 0.1) is 5.82 Å². The third kappa shape index (κ3) is 5.74. The lowest BCUT2D eigenvalue weighted by molar-refractivity contribution is -0.140. The number of carbonyl (C=O) groups excluding carboxylic acids is 1. The minimum Gasteiger partial charge on any atom is -0.457 e. The molecule has 2 N–H and O–H groups in total. The molecule has 2 heterocycles. The summed E-state index contributed by atoms with van der Waals surface area (Å²) in [5.41, 5.74) is -0.735. The molecule has 3 aromatic rings. The van der Waals surface area contributed by atoms with Crippen LogP contribution >= 0.6 is 0 Å². The molecule has 0 spiro atoms. The van der Waals surface area contributed by atoms with Crippen LogP contribution in [0.25, 0.3) is 0 Å². The highest BCUT2D eigenvalue weighted by Crippen LogP contribution is 2.34. The average Bonchev–Trinajstić information content (AvgIpc) is 3.21. The molecule has 174 valence electrons. The Morgan fingerprint density at radius 1 is 1.12 bits per heavy atom. The van der Waals surface area contributed by atoms with E-state index in [0.717, 1.165) is 6.07 Å². The van der Waals surface area contributed by atoms with Crippen LogP contribution in [0.2, 0.25) is 0 Å². The number of nitrogens with one attached hydrogen (secondary N) is 2. The molecule has 1 aliphatic heterocycles. The van der Waals surface area contributed by atoms with Gasteiger partial charge < -0.3 is 15.0 Å². The molecular formula is C20H19F4N7O2. The van der Waals surface area contributed by atoms with Crippen molar-refractivity contribution < 1.29 is 27.1 Å². The Hall–Kier alpha value is -3.74. The molecule has 1 aromatic heterocycles. The van der Waals surface area contributed by atoms with Crippen molar-refractivity contribution in [2.75, 3.05) is 31.5 Å². The van der Waals surface area contributed by atoms with Gasteiger partial charge in [-0.3, -0.25) is 5.32 Å². The van der Waals surface area contributed by atoms with Crippen LogP contribution in [0.5, 0.6) is 11.5 Å². The van der Waals surface area contributed by atoms with Crippen LogP contribution in [-0.2, 0) is 12.7 Å². The number of hydrogen-bond acceptors (Lipinski definition) is 6. The molecule has 1 aliphatic rings. The third-order valence-electron chi connectivity index (χ3n) is 4.78. The monoisotopic (exact) mass is 465 g/mol. The molecule has 4 rings (SSSR count). The van der Waals surface area contributed by atoms with Crippen molar-refractivity contribution in [3.63, 3.8) is 0 Å². The maximum absolute atomic E-state index is 13.5. The Morgan fingerprint density at radius 3 is 2.64 bits per heavy atom. The lowest BCUT2D eigenvalue weighted by Gasteiger charge is -2.26. The van der Waals surface area contributed by atoms with Gasteiger partial charge in [-0.15, -0.1) is 5.10 Å². The second-order valence-corrected chi connectivity index (χ2v) is 7.20. The highest BCUT2D eigenvalue weighted by molar-refractivity contribution is 5.87. The molecule has 0 atom stereocenters. The summed E-state index contributed by atoms with van der Waals surface area (Å²) in [7, 11) is 0. The summed E-state index contributed by atoms with van der Waals surface area (Å²) in [5, 5.41) is 17.6. The van der Waals surface area contributed by atoms with Crippen LogP contribution in [0.1, 0.15) is 11.1 Å². The maximum atomic E-state index is 13.5. The Bertz CT molecular complexity index is 1130. The van der Waals surface area contributed by atoms with Crippen molar-refractivity contribution in [2.24, 2.45) is 0 Å². The van der Waals surface area contributed by atoms with Gasteiger partial charge in [0.05, 0.1) is 12.1 Å². The standard InChI is InChI=1S/C20H19F4N7O2/c21-17-5-4-15(11-16(17)20(22,23)24)33-14-3-1-2-13(10-14)12-31-28-18(27-29-31)26-19(32)30-8-6-25-7-9-30/h1-5,10-11,25H,6-9,12H2,(H,26,28,32). The summed E-state index contributed by atoms with van der Waals surface area (Å²) >= 11 is 0. The number of piperazine rings is 1. The molecule has 2 aromatic carbocycles. The number of benzene rings is 2. The fourth-order valence-electron chi connectivity index (χ4n) is 3.19. The predicted octanol–water partition coefficient (Wildman–Crippen LogP) is 3.11. The summed E-state index contributed by atoms with van der Waals surface area (Å²) in [6, 6.07) is 8.62. The number of nitrogens with zero attached hydrogens (tertiary/aromatic N) is 5. The van der Waals surface area contributed by atoms with Crippen molar-refractivity contribution >= 4 is 12.0 Å². The fourth-order valence-corrected chi connectivity index (χ4v) is 3.19. The minimum absolute atomic E-state index is 0.0527. The average molecular weight is 465 g/mol. The Morgan fingerprint density at radius 2 is 1.88 bits per heavy atom. The Balaban J connectivity index is 1.40. The zero-order chi connectivity index (χ0) is 23.4. The van der Waals surface area contributed by atoms with Crippen molar-refractivity contribution in [2.45, 2.75) is 12.7 Å². The number of anilines is 1. The Labute approximate surface area is 185 Å². The van der Waals surface area contributed by atoms with E-state index in [1.54, 1.807) is 29.2 Å². The molecular weight excluding hydrogens is 446 g/mol. The van der Waals surface area contributed by atoms with Gasteiger partial charge in [-0.1, -0.05) is 17.2 Å². The van der Waals surface area contributed by atoms with Crippen LogP contribution in [0.3, 0.4) is 0 Å². The number of tetrazole rings is 1. The second kappa shape index (κ2) is 9.40. The van der Waals surface area contributed by atoms with Gasteiger partial charge in [-0.2, -0.15) is 18.0 Å². The molecule has 0 saturated carbocycles. The number of halogens is 4. The fraction of sp³-hybridized carbons (Fsp3) is 0.300. The largest absolute Gasteiger partial charge is 0.457 e. The van der Waals surface area contributed by atoms with Gasteiger partial charge in [-0.25, -0.2) is 9.18 Å². The molecule has 33 heavy (non-hydrogen) atoms. The Kier molecular flexibility index (Phi) is 6.40. The number of aromatic nitrogens is 4. The molecule has 0 unspecified atom stereocenters. The highest BCUT2D eigenvalue weighted by Gasteiger charge is 2.34. The first-order chi connectivity index (χ1) is 15.8. The summed E-state index contributed by atoms with van der Waals surface area (Å²) in [5.74, 6) is -1.23. The van der Waals surface area contributed by atoms with E-state index in [1.165, 1.54) is 4.80 Å². The number of urea groups is 1. The van der Waals surface area contributed by atoms with E-state index in [4.69, 9.17) is 4.74 Å². The molecule has 1 saturated heterocycles. The van der Waals surface area contributed by atoms with Gasteiger partial charge in [0, 0.05) is 26.2 Å². The first-order valence-electron chi connectivity index (χ1n) is 9.96. The topological polar surface area (TPSA) is 97.2 Å². The van der Waals surface area contributed by atoms with Gasteiger partial charge >= 0.3 is 12.2 Å². The SMILES string of the molecule is O=C(Nc1nnn(Cc2cccc(Oc3ccc(F)c(C(F)(F)F)c3)c2)n1)N1CCNCC1. The summed E-state index contributed by atoms with van der Waals surface area (Å²) in [6.07, 6.45) is -4.83. The number of amides is 2. The predicted molar refractivity (Wildman–Crippen MR) is 108 cm³/mol. The quantitative estimate of drug-likeness (QED) is 0.562. The minimum atomic E-state index is -4.83. The van der Waals surface area contributed by atoms with Gasteiger partial charge in [0.15, 0.2) is 0 Å². The smallest absolute Gasteiger partial charge is 0.419 e. The highest BCUT2D eigenvalue weighted by atomic mass is 19.4. The molecule has 2 amide bonds. The number of rotatable bonds is 5. The second-order valence-electron chi connectivity index (χ2n) is 7.20. The van der Waals surface area contributed by atoms with Crippen molar-refractivity contribution in [3.8, 4) is 11.5 Å². The number of ether oxygens (including phenoxy) is 1. The molecule has 0 bridgehead atoms.